The van der Waals surface area contributed by atoms with E-state index in [0.29, 0.717) is 40.1 Å². The monoisotopic (exact) mass is 681 g/mol. The van der Waals surface area contributed by atoms with Crippen molar-refractivity contribution in [2.75, 3.05) is 36.4 Å². The Morgan fingerprint density at radius 2 is 1.83 bits per heavy atom. The minimum Gasteiger partial charge on any atom is -0.416 e. The first-order chi connectivity index (χ1) is 23.0. The van der Waals surface area contributed by atoms with E-state index in [1.807, 2.05) is 24.3 Å². The molecule has 2 N–H and O–H groups in total. The van der Waals surface area contributed by atoms with E-state index in [1.165, 1.54) is 30.0 Å². The minimum absolute atomic E-state index is 0.0258. The maximum Gasteiger partial charge on any atom is 0.491 e. The maximum absolute atomic E-state index is 15.9. The predicted molar refractivity (Wildman–Crippen MR) is 164 cm³/mol. The van der Waals surface area contributed by atoms with E-state index in [9.17, 15) is 27.6 Å². The summed E-state index contributed by atoms with van der Waals surface area (Å²) in [5.41, 5.74) is -1.16. The number of aromatic nitrogens is 3. The molecule has 0 radical (unpaired) electrons. The molecule has 0 saturated carbocycles. The molecule has 16 heteroatoms. The van der Waals surface area contributed by atoms with Crippen molar-refractivity contribution in [2.24, 2.45) is 5.41 Å². The largest absolute Gasteiger partial charge is 0.491 e. The lowest BCUT2D eigenvalue weighted by atomic mass is 9.74. The maximum atomic E-state index is 15.9. The molecule has 4 aliphatic heterocycles. The number of benzene rings is 2. The van der Waals surface area contributed by atoms with Gasteiger partial charge in [-0.05, 0) is 48.2 Å². The van der Waals surface area contributed by atoms with Crippen LogP contribution >= 0.6 is 11.3 Å². The number of carbonyl (C=O) groups excluding carboxylic acids is 3. The van der Waals surface area contributed by atoms with Crippen LogP contribution in [-0.2, 0) is 39.6 Å². The molecule has 11 nitrogen and oxygen atoms in total. The average molecular weight is 682 g/mol. The van der Waals surface area contributed by atoms with Crippen LogP contribution in [0.4, 0.5) is 28.4 Å². The van der Waals surface area contributed by atoms with Crippen LogP contribution in [-0.4, -0.2) is 69.6 Å². The highest BCUT2D eigenvalue weighted by Crippen LogP contribution is 2.44. The molecule has 0 aliphatic carbocycles. The molecule has 248 valence electrons. The lowest BCUT2D eigenvalue weighted by molar-refractivity contribution is -0.228. The Bertz CT molecular complexity index is 1950. The fourth-order valence-corrected chi connectivity index (χ4v) is 7.55. The number of fused-ring (bicyclic) bond motifs is 2. The second kappa shape index (κ2) is 10.8. The molecular formula is C32H27F4N7O4S. The Kier molecular flexibility index (Phi) is 6.89. The zero-order chi connectivity index (χ0) is 33.4. The molecule has 2 aromatic heterocycles. The Labute approximate surface area is 274 Å². The van der Waals surface area contributed by atoms with E-state index in [-0.39, 0.29) is 28.4 Å². The number of hydrogen-bond acceptors (Lipinski definition) is 9. The van der Waals surface area contributed by atoms with Crippen LogP contribution in [0.5, 0.6) is 0 Å². The van der Waals surface area contributed by atoms with Gasteiger partial charge in [0.05, 0.1) is 12.9 Å². The first-order valence-electron chi connectivity index (χ1n) is 15.2. The summed E-state index contributed by atoms with van der Waals surface area (Å²) in [7, 11) is 0. The fraction of sp³-hybridized carbons (Fsp3) is 0.344. The van der Waals surface area contributed by atoms with Crippen molar-refractivity contribution in [3.05, 3.63) is 82.6 Å². The second-order valence-electron chi connectivity index (χ2n) is 12.5. The van der Waals surface area contributed by atoms with Crippen LogP contribution in [0, 0.1) is 11.2 Å². The van der Waals surface area contributed by atoms with Gasteiger partial charge < -0.3 is 19.5 Å². The van der Waals surface area contributed by atoms with Crippen molar-refractivity contribution in [2.45, 2.75) is 37.8 Å². The van der Waals surface area contributed by atoms with Crippen LogP contribution < -0.4 is 15.5 Å². The van der Waals surface area contributed by atoms with E-state index < -0.39 is 42.0 Å². The van der Waals surface area contributed by atoms with Crippen LogP contribution in [0.3, 0.4) is 0 Å². The highest BCUT2D eigenvalue weighted by molar-refractivity contribution is 7.13. The number of nitrogens with one attached hydrogen (secondary N) is 2. The SMILES string of the molecule is O=C1c2cc(-c3ccc(N4CC5(CNC5)C4)cc3)cc(F)c2CN1C(OC(=O)C(F)(F)F)(C(=O)Nc1nccs1)c1ncn2c1CCC2. The highest BCUT2D eigenvalue weighted by atomic mass is 32.1. The first-order valence-corrected chi connectivity index (χ1v) is 16.1. The summed E-state index contributed by atoms with van der Waals surface area (Å²) < 4.78 is 64.1. The third-order valence-electron chi connectivity index (χ3n) is 9.50. The number of alkyl halides is 3. The third kappa shape index (κ3) is 4.76. The van der Waals surface area contributed by atoms with Crippen LogP contribution in [0.1, 0.15) is 33.7 Å². The fourth-order valence-electron chi connectivity index (χ4n) is 7.03. The molecule has 2 saturated heterocycles. The third-order valence-corrected chi connectivity index (χ3v) is 10.2. The Balaban J connectivity index is 1.18. The topological polar surface area (TPSA) is 122 Å². The summed E-state index contributed by atoms with van der Waals surface area (Å²) in [6.45, 7) is 3.64. The van der Waals surface area contributed by atoms with Gasteiger partial charge in [-0.15, -0.1) is 11.3 Å². The number of nitrogens with zero attached hydrogens (tertiary/aromatic N) is 5. The molecule has 2 aromatic carbocycles. The van der Waals surface area contributed by atoms with E-state index in [1.54, 1.807) is 4.57 Å². The lowest BCUT2D eigenvalue weighted by Gasteiger charge is -2.57. The second-order valence-corrected chi connectivity index (χ2v) is 13.4. The van der Waals surface area contributed by atoms with E-state index in [2.05, 4.69) is 25.5 Å². The molecule has 4 aliphatic rings. The number of esters is 1. The number of aryl methyl sites for hydroxylation is 1. The molecule has 4 aromatic rings. The molecule has 1 atom stereocenters. The Hall–Kier alpha value is -4.83. The van der Waals surface area contributed by atoms with Crippen molar-refractivity contribution in [1.29, 1.82) is 0 Å². The predicted octanol–water partition coefficient (Wildman–Crippen LogP) is 4.05. The van der Waals surface area contributed by atoms with Crippen LogP contribution in [0.2, 0.25) is 0 Å². The molecule has 6 heterocycles. The Morgan fingerprint density at radius 1 is 1.06 bits per heavy atom. The molecule has 8 rings (SSSR count). The van der Waals surface area contributed by atoms with Crippen molar-refractivity contribution in [3.63, 3.8) is 0 Å². The summed E-state index contributed by atoms with van der Waals surface area (Å²) in [4.78, 5) is 52.1. The van der Waals surface area contributed by atoms with Crippen LogP contribution in [0.25, 0.3) is 11.1 Å². The zero-order valence-corrected chi connectivity index (χ0v) is 26.0. The van der Waals surface area contributed by atoms with Crippen molar-refractivity contribution >= 4 is 39.9 Å². The number of ether oxygens (including phenoxy) is 1. The smallest absolute Gasteiger partial charge is 0.416 e. The average Bonchev–Trinajstić information content (AvgIpc) is 3.81. The molecule has 0 bridgehead atoms. The summed E-state index contributed by atoms with van der Waals surface area (Å²) in [5, 5.41) is 7.18. The quantitative estimate of drug-likeness (QED) is 0.222. The number of hydrogen-bond donors (Lipinski definition) is 2. The van der Waals surface area contributed by atoms with Gasteiger partial charge in [-0.25, -0.2) is 19.2 Å². The number of rotatable bonds is 7. The minimum atomic E-state index is -5.54. The van der Waals surface area contributed by atoms with E-state index in [0.717, 1.165) is 43.2 Å². The zero-order valence-electron chi connectivity index (χ0n) is 25.1. The van der Waals surface area contributed by atoms with Gasteiger partial charge in [0, 0.05) is 72.2 Å². The molecule has 48 heavy (non-hydrogen) atoms. The number of imidazole rings is 1. The number of carbonyl (C=O) groups is 3. The summed E-state index contributed by atoms with van der Waals surface area (Å²) in [6, 6.07) is 10.1. The number of thiazole rings is 1. The standard InChI is InChI=1S/C32H27F4N7O4S/c33-23-11-19(18-3-5-20(6-4-18)42-15-30(16-42)13-37-14-30)10-21-22(23)12-43(26(21)44)31(47-28(46)32(34,35)36,27(45)40-29-38-7-9-48-29)25-24-2-1-8-41(24)17-39-25/h3-7,9-11,17,37H,1-2,8,12-16H2,(H,38,40,45). The van der Waals surface area contributed by atoms with Gasteiger partial charge in [-0.3, -0.25) is 19.8 Å². The van der Waals surface area contributed by atoms with Crippen molar-refractivity contribution < 1.29 is 36.7 Å². The van der Waals surface area contributed by atoms with Gasteiger partial charge in [0.15, 0.2) is 5.13 Å². The van der Waals surface area contributed by atoms with Gasteiger partial charge in [-0.1, -0.05) is 12.1 Å². The normalized spacial score (nSPS) is 19.0. The van der Waals surface area contributed by atoms with Gasteiger partial charge >= 0.3 is 17.9 Å². The van der Waals surface area contributed by atoms with Gasteiger partial charge in [0.25, 0.3) is 11.8 Å². The molecule has 2 fully saturated rings. The number of halogens is 4. The summed E-state index contributed by atoms with van der Waals surface area (Å²) in [5.74, 6) is -5.85. The first kappa shape index (κ1) is 30.5. The van der Waals surface area contributed by atoms with Crippen molar-refractivity contribution in [3.8, 4) is 11.1 Å². The van der Waals surface area contributed by atoms with Gasteiger partial charge in [0.1, 0.15) is 11.5 Å². The molecule has 1 unspecified atom stereocenters. The van der Waals surface area contributed by atoms with E-state index >= 15 is 4.39 Å². The lowest BCUT2D eigenvalue weighted by Crippen LogP contribution is -2.71. The number of anilines is 2. The summed E-state index contributed by atoms with van der Waals surface area (Å²) in [6.07, 6.45) is -2.03. The van der Waals surface area contributed by atoms with Crippen molar-refractivity contribution in [1.82, 2.24) is 24.8 Å². The summed E-state index contributed by atoms with van der Waals surface area (Å²) >= 11 is 0.958. The number of amides is 2. The Morgan fingerprint density at radius 3 is 2.50 bits per heavy atom. The van der Waals surface area contributed by atoms with Crippen LogP contribution in [0.15, 0.2) is 54.3 Å². The van der Waals surface area contributed by atoms with Gasteiger partial charge in [0.2, 0.25) is 0 Å². The van der Waals surface area contributed by atoms with Gasteiger partial charge in [-0.2, -0.15) is 13.2 Å². The molecular weight excluding hydrogens is 654 g/mol. The van der Waals surface area contributed by atoms with E-state index in [4.69, 9.17) is 4.74 Å². The molecule has 1 spiro atoms. The highest BCUT2D eigenvalue weighted by Gasteiger charge is 2.61. The molecule has 2 amide bonds.